The fourth-order valence-electron chi connectivity index (χ4n) is 2.98. The standard InChI is InChI=1S/C18H12Cl2N2O/c19-13-6-5-11(15(20)10-13)9-12-7-8-22-16-4-2-1-3-14(16)18(23)21-17(12)22/h1-6,9-10H,7-8H2. The Labute approximate surface area is 142 Å². The molecule has 0 amide bonds. The largest absolute Gasteiger partial charge is 0.325 e. The van der Waals surface area contributed by atoms with Crippen LogP contribution < -0.4 is 5.56 Å². The van der Waals surface area contributed by atoms with Crippen molar-refractivity contribution >= 4 is 45.8 Å². The van der Waals surface area contributed by atoms with Crippen LogP contribution in [0.25, 0.3) is 22.6 Å². The molecule has 3 aromatic rings. The summed E-state index contributed by atoms with van der Waals surface area (Å²) in [6, 6.07) is 13.0. The Hall–Kier alpha value is -2.10. The van der Waals surface area contributed by atoms with Gasteiger partial charge in [0.2, 0.25) is 0 Å². The van der Waals surface area contributed by atoms with Crippen LogP contribution in [0, 0.1) is 0 Å². The number of aromatic nitrogens is 2. The Morgan fingerprint density at radius 2 is 1.96 bits per heavy atom. The van der Waals surface area contributed by atoms with Crippen LogP contribution in [0.4, 0.5) is 0 Å². The molecule has 114 valence electrons. The second-order valence-corrected chi connectivity index (χ2v) is 6.34. The molecule has 0 fully saturated rings. The number of para-hydroxylation sites is 1. The van der Waals surface area contributed by atoms with Gasteiger partial charge in [-0.3, -0.25) is 4.79 Å². The maximum absolute atomic E-state index is 12.3. The van der Waals surface area contributed by atoms with Crippen molar-refractivity contribution in [2.24, 2.45) is 0 Å². The van der Waals surface area contributed by atoms with Gasteiger partial charge in [0, 0.05) is 16.6 Å². The predicted octanol–water partition coefficient (Wildman–Crippen LogP) is 4.65. The van der Waals surface area contributed by atoms with Gasteiger partial charge in [0.25, 0.3) is 5.56 Å². The number of nitrogens with zero attached hydrogens (tertiary/aromatic N) is 2. The molecule has 0 unspecified atom stereocenters. The van der Waals surface area contributed by atoms with Crippen LogP contribution >= 0.6 is 23.2 Å². The minimum absolute atomic E-state index is 0.193. The van der Waals surface area contributed by atoms with Crippen molar-refractivity contribution in [3.8, 4) is 0 Å². The number of aryl methyl sites for hydroxylation is 1. The van der Waals surface area contributed by atoms with Gasteiger partial charge < -0.3 is 4.57 Å². The molecule has 1 aliphatic heterocycles. The summed E-state index contributed by atoms with van der Waals surface area (Å²) in [5, 5.41) is 1.85. The summed E-state index contributed by atoms with van der Waals surface area (Å²) < 4.78 is 2.09. The Bertz CT molecular complexity index is 1020. The highest BCUT2D eigenvalue weighted by Gasteiger charge is 2.20. The fourth-order valence-corrected chi connectivity index (χ4v) is 3.44. The summed E-state index contributed by atoms with van der Waals surface area (Å²) in [5.41, 5.74) is 2.62. The SMILES string of the molecule is O=c1nc2n(c3ccccc13)CCC2=Cc1ccc(Cl)cc1Cl. The quantitative estimate of drug-likeness (QED) is 0.645. The first-order chi connectivity index (χ1) is 11.1. The molecule has 1 aromatic heterocycles. The molecule has 0 bridgehead atoms. The highest BCUT2D eigenvalue weighted by Crippen LogP contribution is 2.31. The number of halogens is 2. The Morgan fingerprint density at radius 1 is 1.13 bits per heavy atom. The fraction of sp³-hybridized carbons (Fsp3) is 0.111. The Kier molecular flexibility index (Phi) is 3.47. The van der Waals surface area contributed by atoms with E-state index in [1.54, 1.807) is 12.1 Å². The maximum Gasteiger partial charge on any atom is 0.281 e. The molecule has 0 spiro atoms. The van der Waals surface area contributed by atoms with Gasteiger partial charge in [-0.1, -0.05) is 41.4 Å². The van der Waals surface area contributed by atoms with Crippen LogP contribution in [0.15, 0.2) is 47.3 Å². The molecule has 1 aliphatic rings. The third-order valence-electron chi connectivity index (χ3n) is 4.07. The summed E-state index contributed by atoms with van der Waals surface area (Å²) in [7, 11) is 0. The monoisotopic (exact) mass is 342 g/mol. The zero-order chi connectivity index (χ0) is 16.0. The van der Waals surface area contributed by atoms with Crippen LogP contribution in [0.2, 0.25) is 10.0 Å². The van der Waals surface area contributed by atoms with Crippen LogP contribution in [0.3, 0.4) is 0 Å². The molecule has 2 heterocycles. The smallest absolute Gasteiger partial charge is 0.281 e. The number of rotatable bonds is 1. The van der Waals surface area contributed by atoms with E-state index in [0.717, 1.165) is 35.4 Å². The summed E-state index contributed by atoms with van der Waals surface area (Å²) in [5.74, 6) is 0.722. The Morgan fingerprint density at radius 3 is 2.78 bits per heavy atom. The number of allylic oxidation sites excluding steroid dienone is 1. The third kappa shape index (κ3) is 2.46. The van der Waals surface area contributed by atoms with Crippen molar-refractivity contribution in [1.29, 1.82) is 0 Å². The van der Waals surface area contributed by atoms with E-state index < -0.39 is 0 Å². The van der Waals surface area contributed by atoms with Crippen molar-refractivity contribution in [2.45, 2.75) is 13.0 Å². The molecule has 2 aromatic carbocycles. The lowest BCUT2D eigenvalue weighted by Gasteiger charge is -2.07. The van der Waals surface area contributed by atoms with Crippen molar-refractivity contribution in [3.63, 3.8) is 0 Å². The zero-order valence-electron chi connectivity index (χ0n) is 12.1. The van der Waals surface area contributed by atoms with E-state index in [0.29, 0.717) is 15.4 Å². The molecule has 0 aliphatic carbocycles. The molecule has 5 heteroatoms. The molecular weight excluding hydrogens is 331 g/mol. The maximum atomic E-state index is 12.3. The summed E-state index contributed by atoms with van der Waals surface area (Å²) in [6.45, 7) is 0.806. The second-order valence-electron chi connectivity index (χ2n) is 5.49. The van der Waals surface area contributed by atoms with Crippen LogP contribution in [-0.2, 0) is 6.54 Å². The Balaban J connectivity index is 1.91. The van der Waals surface area contributed by atoms with E-state index in [1.165, 1.54) is 0 Å². The van der Waals surface area contributed by atoms with E-state index in [-0.39, 0.29) is 5.56 Å². The zero-order valence-corrected chi connectivity index (χ0v) is 13.6. The molecule has 0 atom stereocenters. The summed E-state index contributed by atoms with van der Waals surface area (Å²) in [4.78, 5) is 16.5. The average Bonchev–Trinajstić information content (AvgIpc) is 2.93. The van der Waals surface area contributed by atoms with Gasteiger partial charge >= 0.3 is 0 Å². The van der Waals surface area contributed by atoms with Gasteiger partial charge in [-0.05, 0) is 47.9 Å². The second kappa shape index (κ2) is 5.52. The number of hydrogen-bond acceptors (Lipinski definition) is 2. The van der Waals surface area contributed by atoms with Gasteiger partial charge in [0.05, 0.1) is 10.9 Å². The van der Waals surface area contributed by atoms with Gasteiger partial charge in [0.1, 0.15) is 5.82 Å². The van der Waals surface area contributed by atoms with E-state index in [2.05, 4.69) is 9.55 Å². The predicted molar refractivity (Wildman–Crippen MR) is 95.0 cm³/mol. The minimum atomic E-state index is -0.193. The molecule has 23 heavy (non-hydrogen) atoms. The van der Waals surface area contributed by atoms with Crippen molar-refractivity contribution in [1.82, 2.24) is 9.55 Å². The summed E-state index contributed by atoms with van der Waals surface area (Å²) in [6.07, 6.45) is 2.80. The lowest BCUT2D eigenvalue weighted by molar-refractivity contribution is 0.772. The van der Waals surface area contributed by atoms with Crippen LogP contribution in [0.1, 0.15) is 17.8 Å². The van der Waals surface area contributed by atoms with Gasteiger partial charge in [-0.25, -0.2) is 0 Å². The average molecular weight is 343 g/mol. The normalized spacial score (nSPS) is 15.3. The number of fused-ring (bicyclic) bond motifs is 3. The molecule has 0 saturated carbocycles. The van der Waals surface area contributed by atoms with Crippen LogP contribution in [-0.4, -0.2) is 9.55 Å². The van der Waals surface area contributed by atoms with Crippen LogP contribution in [0.5, 0.6) is 0 Å². The third-order valence-corrected chi connectivity index (χ3v) is 4.63. The lowest BCUT2D eigenvalue weighted by atomic mass is 10.1. The van der Waals surface area contributed by atoms with E-state index in [4.69, 9.17) is 23.2 Å². The van der Waals surface area contributed by atoms with Gasteiger partial charge in [0.15, 0.2) is 0 Å². The summed E-state index contributed by atoms with van der Waals surface area (Å²) >= 11 is 12.2. The first-order valence-corrected chi connectivity index (χ1v) is 8.04. The number of hydrogen-bond donors (Lipinski definition) is 0. The minimum Gasteiger partial charge on any atom is -0.325 e. The molecular formula is C18H12Cl2N2O. The molecule has 0 saturated heterocycles. The highest BCUT2D eigenvalue weighted by atomic mass is 35.5. The van der Waals surface area contributed by atoms with Gasteiger partial charge in [-0.2, -0.15) is 4.98 Å². The molecule has 0 radical (unpaired) electrons. The molecule has 3 nitrogen and oxygen atoms in total. The number of benzene rings is 2. The highest BCUT2D eigenvalue weighted by molar-refractivity contribution is 6.35. The topological polar surface area (TPSA) is 34.9 Å². The molecule has 0 N–H and O–H groups in total. The molecule has 4 rings (SSSR count). The lowest BCUT2D eigenvalue weighted by Crippen LogP contribution is -2.14. The first-order valence-electron chi connectivity index (χ1n) is 7.29. The van der Waals surface area contributed by atoms with E-state index >= 15 is 0 Å². The van der Waals surface area contributed by atoms with Crippen molar-refractivity contribution in [2.75, 3.05) is 0 Å². The van der Waals surface area contributed by atoms with Gasteiger partial charge in [-0.15, -0.1) is 0 Å². The van der Waals surface area contributed by atoms with Crippen molar-refractivity contribution < 1.29 is 0 Å². The first kappa shape index (κ1) is 14.5. The van der Waals surface area contributed by atoms with Crippen molar-refractivity contribution in [3.05, 3.63) is 74.3 Å². The van der Waals surface area contributed by atoms with E-state index in [1.807, 2.05) is 36.4 Å². The van der Waals surface area contributed by atoms with E-state index in [9.17, 15) is 4.79 Å².